The molecule has 1 aromatic carbocycles. The molecule has 5 rings (SSSR count). The molecule has 6 heteroatoms. The number of oxazole rings is 1. The van der Waals surface area contributed by atoms with Gasteiger partial charge >= 0.3 is 0 Å². The van der Waals surface area contributed by atoms with Crippen LogP contribution in [0.4, 0.5) is 6.01 Å². The molecule has 0 bridgehead atoms. The van der Waals surface area contributed by atoms with Gasteiger partial charge in [-0.15, -0.1) is 0 Å². The Hall–Kier alpha value is -1.63. The molecular formula is C20H28N4O2. The highest BCUT2D eigenvalue weighted by Crippen LogP contribution is 2.44. The van der Waals surface area contributed by atoms with Gasteiger partial charge in [0, 0.05) is 17.5 Å². The van der Waals surface area contributed by atoms with E-state index in [0.717, 1.165) is 43.2 Å². The van der Waals surface area contributed by atoms with Crippen molar-refractivity contribution in [2.75, 3.05) is 5.32 Å². The minimum atomic E-state index is -0.211. The van der Waals surface area contributed by atoms with Gasteiger partial charge in [0.05, 0.1) is 6.10 Å². The minimum absolute atomic E-state index is 0.0116. The normalized spacial score (nSPS) is 33.9. The van der Waals surface area contributed by atoms with Crippen LogP contribution in [0, 0.1) is 5.92 Å². The predicted octanol–water partition coefficient (Wildman–Crippen LogP) is 2.95. The van der Waals surface area contributed by atoms with Gasteiger partial charge in [0.25, 0.3) is 6.01 Å². The number of benzene rings is 1. The molecule has 3 fully saturated rings. The Morgan fingerprint density at radius 1 is 1.12 bits per heavy atom. The molecule has 0 amide bonds. The minimum Gasteiger partial charge on any atom is -0.424 e. The van der Waals surface area contributed by atoms with Crippen molar-refractivity contribution in [3.8, 4) is 0 Å². The average Bonchev–Trinajstić information content (AvgIpc) is 3.04. The smallest absolute Gasteiger partial charge is 0.297 e. The van der Waals surface area contributed by atoms with E-state index in [-0.39, 0.29) is 17.9 Å². The van der Waals surface area contributed by atoms with E-state index < -0.39 is 0 Å². The third-order valence-corrected chi connectivity index (χ3v) is 6.62. The number of hydrogen-bond acceptors (Lipinski definition) is 6. The summed E-state index contributed by atoms with van der Waals surface area (Å²) in [5, 5.41) is 21.6. The van der Waals surface area contributed by atoms with Crippen molar-refractivity contribution in [2.24, 2.45) is 5.92 Å². The van der Waals surface area contributed by atoms with Crippen molar-refractivity contribution >= 4 is 17.1 Å². The number of nitrogens with one attached hydrogen (secondary N) is 3. The third kappa shape index (κ3) is 2.80. The summed E-state index contributed by atoms with van der Waals surface area (Å²) in [6.45, 7) is 0. The summed E-state index contributed by atoms with van der Waals surface area (Å²) in [5.74, 6) is 0.290. The molecule has 26 heavy (non-hydrogen) atoms. The van der Waals surface area contributed by atoms with E-state index in [1.54, 1.807) is 0 Å². The molecule has 2 aliphatic carbocycles. The molecule has 0 radical (unpaired) electrons. The first-order valence-electron chi connectivity index (χ1n) is 10.1. The number of aliphatic hydroxyl groups is 1. The first-order chi connectivity index (χ1) is 12.7. The number of para-hydroxylation sites is 2. The van der Waals surface area contributed by atoms with Crippen molar-refractivity contribution in [3.63, 3.8) is 0 Å². The first kappa shape index (κ1) is 16.5. The molecule has 4 N–H and O–H groups in total. The van der Waals surface area contributed by atoms with Gasteiger partial charge in [0.2, 0.25) is 0 Å². The quantitative estimate of drug-likeness (QED) is 0.662. The highest BCUT2D eigenvalue weighted by molar-refractivity contribution is 5.74. The zero-order valence-corrected chi connectivity index (χ0v) is 15.1. The van der Waals surface area contributed by atoms with Gasteiger partial charge < -0.3 is 14.8 Å². The van der Waals surface area contributed by atoms with Crippen molar-refractivity contribution < 1.29 is 9.52 Å². The van der Waals surface area contributed by atoms with Crippen LogP contribution in [0.15, 0.2) is 28.7 Å². The van der Waals surface area contributed by atoms with E-state index in [9.17, 15) is 5.11 Å². The largest absolute Gasteiger partial charge is 0.424 e. The number of hydrogen-bond donors (Lipinski definition) is 4. The van der Waals surface area contributed by atoms with Crippen molar-refractivity contribution in [1.29, 1.82) is 0 Å². The maximum absolute atomic E-state index is 10.8. The van der Waals surface area contributed by atoms with Crippen LogP contribution >= 0.6 is 0 Å². The summed E-state index contributed by atoms with van der Waals surface area (Å²) in [4.78, 5) is 4.55. The molecular weight excluding hydrogens is 328 g/mol. The third-order valence-electron chi connectivity index (χ3n) is 6.62. The molecule has 2 saturated carbocycles. The van der Waals surface area contributed by atoms with E-state index in [0.29, 0.717) is 18.0 Å². The summed E-state index contributed by atoms with van der Waals surface area (Å²) < 4.78 is 5.85. The lowest BCUT2D eigenvalue weighted by Gasteiger charge is -2.57. The summed E-state index contributed by atoms with van der Waals surface area (Å²) in [6, 6.07) is 8.70. The van der Waals surface area contributed by atoms with Gasteiger partial charge in [-0.05, 0) is 44.2 Å². The SMILES string of the molecule is O[C@@H]1CCC[C@@H]2N[C@@H](Nc3nc4ccccc4o3)NC3(CCCCC3)[C@@H]12. The van der Waals surface area contributed by atoms with E-state index in [1.807, 2.05) is 24.3 Å². The predicted molar refractivity (Wildman–Crippen MR) is 101 cm³/mol. The maximum Gasteiger partial charge on any atom is 0.297 e. The maximum atomic E-state index is 10.8. The Morgan fingerprint density at radius 3 is 2.81 bits per heavy atom. The Morgan fingerprint density at radius 2 is 1.96 bits per heavy atom. The summed E-state index contributed by atoms with van der Waals surface area (Å²) >= 11 is 0. The highest BCUT2D eigenvalue weighted by atomic mass is 16.4. The van der Waals surface area contributed by atoms with Crippen molar-refractivity contribution in [2.45, 2.75) is 75.3 Å². The Balaban J connectivity index is 1.41. The number of nitrogens with zero attached hydrogens (tertiary/aromatic N) is 1. The molecule has 140 valence electrons. The van der Waals surface area contributed by atoms with Gasteiger partial charge in [-0.25, -0.2) is 0 Å². The molecule has 4 atom stereocenters. The number of fused-ring (bicyclic) bond motifs is 3. The van der Waals surface area contributed by atoms with Crippen molar-refractivity contribution in [3.05, 3.63) is 24.3 Å². The zero-order valence-electron chi connectivity index (χ0n) is 15.1. The molecule has 1 spiro atoms. The molecule has 3 aliphatic rings. The second kappa shape index (κ2) is 6.51. The Labute approximate surface area is 153 Å². The summed E-state index contributed by atoms with van der Waals surface area (Å²) in [6.07, 6.45) is 8.87. The zero-order chi connectivity index (χ0) is 17.6. The molecule has 6 nitrogen and oxygen atoms in total. The topological polar surface area (TPSA) is 82.3 Å². The van der Waals surface area contributed by atoms with Gasteiger partial charge in [0.15, 0.2) is 5.58 Å². The van der Waals surface area contributed by atoms with E-state index in [1.165, 1.54) is 19.3 Å². The lowest BCUT2D eigenvalue weighted by atomic mass is 9.63. The monoisotopic (exact) mass is 356 g/mol. The molecule has 1 saturated heterocycles. The van der Waals surface area contributed by atoms with Crippen LogP contribution in [0.3, 0.4) is 0 Å². The fourth-order valence-corrected chi connectivity index (χ4v) is 5.55. The second-order valence-electron chi connectivity index (χ2n) is 8.22. The standard InChI is InChI=1S/C20H28N4O2/c25-15-9-6-8-14-17(15)20(11-4-1-5-12-20)24-18(21-14)23-19-22-13-7-2-3-10-16(13)26-19/h2-3,7,10,14-15,17-18,21,24-25H,1,4-6,8-9,11-12H2,(H,22,23)/t14-,15+,17+,18-/m0/s1. The molecule has 2 heterocycles. The fraction of sp³-hybridized carbons (Fsp3) is 0.650. The molecule has 1 aliphatic heterocycles. The number of anilines is 1. The van der Waals surface area contributed by atoms with Gasteiger partial charge in [0.1, 0.15) is 11.8 Å². The van der Waals surface area contributed by atoms with Gasteiger partial charge in [-0.1, -0.05) is 31.4 Å². The molecule has 0 unspecified atom stereocenters. The van der Waals surface area contributed by atoms with Crippen LogP contribution in [-0.2, 0) is 0 Å². The lowest BCUT2D eigenvalue weighted by Crippen LogP contribution is -2.75. The Bertz CT molecular complexity index is 737. The van der Waals surface area contributed by atoms with Crippen LogP contribution in [0.25, 0.3) is 11.1 Å². The Kier molecular flexibility index (Phi) is 4.14. The lowest BCUT2D eigenvalue weighted by molar-refractivity contribution is -0.0562. The van der Waals surface area contributed by atoms with Gasteiger partial charge in [-0.3, -0.25) is 10.6 Å². The van der Waals surface area contributed by atoms with E-state index >= 15 is 0 Å². The van der Waals surface area contributed by atoms with Gasteiger partial charge in [-0.2, -0.15) is 4.98 Å². The second-order valence-corrected chi connectivity index (χ2v) is 8.22. The van der Waals surface area contributed by atoms with Crippen LogP contribution in [0.1, 0.15) is 51.4 Å². The summed E-state index contributed by atoms with van der Waals surface area (Å²) in [7, 11) is 0. The number of rotatable bonds is 2. The molecule has 2 aromatic rings. The van der Waals surface area contributed by atoms with E-state index in [2.05, 4.69) is 20.9 Å². The average molecular weight is 356 g/mol. The van der Waals surface area contributed by atoms with Crippen LogP contribution in [0.5, 0.6) is 0 Å². The van der Waals surface area contributed by atoms with Crippen LogP contribution in [0.2, 0.25) is 0 Å². The molecule has 1 aromatic heterocycles. The number of aliphatic hydroxyl groups excluding tert-OH is 1. The highest BCUT2D eigenvalue weighted by Gasteiger charge is 2.52. The fourth-order valence-electron chi connectivity index (χ4n) is 5.55. The van der Waals surface area contributed by atoms with Crippen LogP contribution < -0.4 is 16.0 Å². The van der Waals surface area contributed by atoms with Crippen LogP contribution in [-0.4, -0.2) is 34.1 Å². The van der Waals surface area contributed by atoms with E-state index in [4.69, 9.17) is 4.42 Å². The van der Waals surface area contributed by atoms with Crippen molar-refractivity contribution in [1.82, 2.24) is 15.6 Å². The summed E-state index contributed by atoms with van der Waals surface area (Å²) in [5.41, 5.74) is 1.67. The first-order valence-corrected chi connectivity index (χ1v) is 10.1. The number of aromatic nitrogens is 1.